The Hall–Kier alpha value is -2.96. The fourth-order valence-corrected chi connectivity index (χ4v) is 7.09. The van der Waals surface area contributed by atoms with E-state index in [2.05, 4.69) is 4.98 Å². The third-order valence-electron chi connectivity index (χ3n) is 6.70. The SMILES string of the molecule is CN(C)CCCN(C(=O)c1ccc(S(=O)(=O)N2CCc3ccccc3C2)cc1)c1nc2c(F)cc(F)cc2s1.[Cl-]. The van der Waals surface area contributed by atoms with E-state index in [1.165, 1.54) is 39.5 Å². The molecule has 0 saturated heterocycles. The molecule has 12 heteroatoms. The molecule has 1 aromatic heterocycles. The van der Waals surface area contributed by atoms with Gasteiger partial charge < -0.3 is 17.3 Å². The maximum absolute atomic E-state index is 14.3. The number of amides is 1. The number of thiazole rings is 1. The summed E-state index contributed by atoms with van der Waals surface area (Å²) in [5, 5.41) is 0.252. The average Bonchev–Trinajstić information content (AvgIpc) is 3.34. The Kier molecular flexibility index (Phi) is 9.21. The molecule has 0 spiro atoms. The van der Waals surface area contributed by atoms with E-state index >= 15 is 0 Å². The van der Waals surface area contributed by atoms with Gasteiger partial charge in [0, 0.05) is 31.3 Å². The zero-order valence-corrected chi connectivity index (χ0v) is 24.4. The minimum absolute atomic E-state index is 0. The zero-order valence-electron chi connectivity index (χ0n) is 22.0. The van der Waals surface area contributed by atoms with Crippen LogP contribution in [0.15, 0.2) is 65.6 Å². The van der Waals surface area contributed by atoms with Crippen LogP contribution in [0.2, 0.25) is 0 Å². The summed E-state index contributed by atoms with van der Waals surface area (Å²) in [6.07, 6.45) is 1.26. The van der Waals surface area contributed by atoms with Crippen molar-refractivity contribution in [1.29, 1.82) is 0 Å². The van der Waals surface area contributed by atoms with Crippen LogP contribution in [-0.2, 0) is 23.0 Å². The van der Waals surface area contributed by atoms with Crippen molar-refractivity contribution in [2.24, 2.45) is 0 Å². The molecule has 0 aliphatic carbocycles. The van der Waals surface area contributed by atoms with E-state index in [0.717, 1.165) is 28.5 Å². The van der Waals surface area contributed by atoms with Gasteiger partial charge in [-0.25, -0.2) is 22.2 Å². The Morgan fingerprint density at radius 1 is 1.02 bits per heavy atom. The van der Waals surface area contributed by atoms with Crippen molar-refractivity contribution < 1.29 is 34.4 Å². The van der Waals surface area contributed by atoms with Crippen molar-refractivity contribution in [1.82, 2.24) is 14.2 Å². The molecule has 212 valence electrons. The molecular weight excluding hydrogens is 578 g/mol. The predicted octanol–water partition coefficient (Wildman–Crippen LogP) is 1.92. The summed E-state index contributed by atoms with van der Waals surface area (Å²) < 4.78 is 56.5. The van der Waals surface area contributed by atoms with Crippen LogP contribution in [0.1, 0.15) is 27.9 Å². The number of nitrogens with zero attached hydrogens (tertiary/aromatic N) is 4. The number of benzene rings is 3. The van der Waals surface area contributed by atoms with Crippen molar-refractivity contribution in [2.45, 2.75) is 24.3 Å². The third kappa shape index (κ3) is 6.18. The fourth-order valence-electron chi connectivity index (χ4n) is 4.64. The Labute approximate surface area is 242 Å². The molecule has 0 saturated carbocycles. The van der Waals surface area contributed by atoms with Gasteiger partial charge in [0.15, 0.2) is 10.9 Å². The highest BCUT2D eigenvalue weighted by Crippen LogP contribution is 2.32. The first kappa shape index (κ1) is 30.0. The van der Waals surface area contributed by atoms with E-state index in [1.54, 1.807) is 0 Å². The van der Waals surface area contributed by atoms with Crippen LogP contribution in [-0.4, -0.2) is 62.2 Å². The van der Waals surface area contributed by atoms with Crippen molar-refractivity contribution in [3.05, 3.63) is 89.0 Å². The summed E-state index contributed by atoms with van der Waals surface area (Å²) in [5.41, 5.74) is 2.41. The first-order valence-electron chi connectivity index (χ1n) is 12.5. The van der Waals surface area contributed by atoms with Gasteiger partial charge in [0.05, 0.1) is 9.60 Å². The molecule has 0 unspecified atom stereocenters. The lowest BCUT2D eigenvalue weighted by Crippen LogP contribution is -3.00. The Bertz CT molecular complexity index is 1630. The number of sulfonamides is 1. The summed E-state index contributed by atoms with van der Waals surface area (Å²) in [6, 6.07) is 15.6. The maximum Gasteiger partial charge on any atom is 0.260 e. The molecule has 2 heterocycles. The molecule has 0 atom stereocenters. The minimum atomic E-state index is -3.75. The lowest BCUT2D eigenvalue weighted by atomic mass is 10.0. The first-order chi connectivity index (χ1) is 18.6. The molecular formula is C28H28ClF2N4O3S2-. The van der Waals surface area contributed by atoms with Gasteiger partial charge in [-0.1, -0.05) is 35.6 Å². The number of carbonyl (C=O) groups is 1. The molecule has 0 N–H and O–H groups in total. The van der Waals surface area contributed by atoms with Crippen LogP contribution < -0.4 is 17.3 Å². The Balaban J connectivity index is 0.00000370. The molecule has 1 aliphatic rings. The number of halogens is 3. The zero-order chi connectivity index (χ0) is 27.7. The summed E-state index contributed by atoms with van der Waals surface area (Å²) in [7, 11) is 0.0834. The molecule has 3 aromatic carbocycles. The second kappa shape index (κ2) is 12.3. The summed E-state index contributed by atoms with van der Waals surface area (Å²) >= 11 is 1.03. The monoisotopic (exact) mass is 605 g/mol. The van der Waals surface area contributed by atoms with Crippen LogP contribution in [0.5, 0.6) is 0 Å². The lowest BCUT2D eigenvalue weighted by molar-refractivity contribution is -0.0000191. The minimum Gasteiger partial charge on any atom is -1.00 e. The van der Waals surface area contributed by atoms with E-state index in [0.29, 0.717) is 43.7 Å². The summed E-state index contributed by atoms with van der Waals surface area (Å²) in [4.78, 5) is 21.4. The van der Waals surface area contributed by atoms with Gasteiger partial charge in [0.1, 0.15) is 11.3 Å². The molecule has 0 fully saturated rings. The number of carbonyl (C=O) groups excluding carboxylic acids is 1. The van der Waals surface area contributed by atoms with Crippen LogP contribution in [0, 0.1) is 11.6 Å². The second-order valence-electron chi connectivity index (χ2n) is 9.73. The van der Waals surface area contributed by atoms with Crippen molar-refractivity contribution in [3.8, 4) is 0 Å². The van der Waals surface area contributed by atoms with E-state index in [4.69, 9.17) is 0 Å². The molecule has 40 heavy (non-hydrogen) atoms. The lowest BCUT2D eigenvalue weighted by Gasteiger charge is -2.28. The van der Waals surface area contributed by atoms with Gasteiger partial charge in [0.2, 0.25) is 10.0 Å². The Morgan fingerprint density at radius 2 is 1.73 bits per heavy atom. The van der Waals surface area contributed by atoms with E-state index in [1.807, 2.05) is 43.3 Å². The largest absolute Gasteiger partial charge is 1.00 e. The van der Waals surface area contributed by atoms with Gasteiger partial charge in [0.25, 0.3) is 5.91 Å². The maximum atomic E-state index is 14.3. The molecule has 5 rings (SSSR count). The average molecular weight is 606 g/mol. The fraction of sp³-hybridized carbons (Fsp3) is 0.286. The molecule has 1 amide bonds. The number of aromatic nitrogens is 1. The number of hydrogen-bond donors (Lipinski definition) is 0. The second-order valence-corrected chi connectivity index (χ2v) is 12.7. The van der Waals surface area contributed by atoms with E-state index in [9.17, 15) is 22.0 Å². The molecule has 4 aromatic rings. The molecule has 7 nitrogen and oxygen atoms in total. The number of hydrogen-bond acceptors (Lipinski definition) is 6. The van der Waals surface area contributed by atoms with Crippen molar-refractivity contribution in [2.75, 3.05) is 38.6 Å². The van der Waals surface area contributed by atoms with Crippen LogP contribution >= 0.6 is 11.3 Å². The van der Waals surface area contributed by atoms with Crippen molar-refractivity contribution >= 4 is 42.6 Å². The molecule has 0 radical (unpaired) electrons. The quantitative estimate of drug-likeness (QED) is 0.307. The van der Waals surface area contributed by atoms with Gasteiger partial charge in [-0.05, 0) is 74.9 Å². The van der Waals surface area contributed by atoms with Crippen LogP contribution in [0.4, 0.5) is 13.9 Å². The standard InChI is InChI=1S/C28H28F2N4O3S2.ClH/c1-32(2)13-5-14-34(28-31-26-24(30)16-22(29)17-25(26)38-28)27(35)20-8-10-23(11-9-20)39(36,37)33-15-12-19-6-3-4-7-21(19)18-33;/h3-4,6-11,16-17H,5,12-15,18H2,1-2H3;1H/p-1. The smallest absolute Gasteiger partial charge is 0.260 e. The summed E-state index contributed by atoms with van der Waals surface area (Å²) in [5.74, 6) is -1.90. The van der Waals surface area contributed by atoms with Crippen molar-refractivity contribution in [3.63, 3.8) is 0 Å². The number of fused-ring (bicyclic) bond motifs is 2. The number of anilines is 1. The number of rotatable bonds is 8. The van der Waals surface area contributed by atoms with Crippen LogP contribution in [0.25, 0.3) is 10.2 Å². The third-order valence-corrected chi connectivity index (χ3v) is 9.58. The Morgan fingerprint density at radius 3 is 2.42 bits per heavy atom. The summed E-state index contributed by atoms with van der Waals surface area (Å²) in [6.45, 7) is 1.68. The van der Waals surface area contributed by atoms with Crippen LogP contribution in [0.3, 0.4) is 0 Å². The highest BCUT2D eigenvalue weighted by molar-refractivity contribution is 7.89. The van der Waals surface area contributed by atoms with E-state index < -0.39 is 27.6 Å². The first-order valence-corrected chi connectivity index (χ1v) is 14.8. The van der Waals surface area contributed by atoms with E-state index in [-0.39, 0.29) is 33.5 Å². The molecule has 1 aliphatic heterocycles. The highest BCUT2D eigenvalue weighted by Gasteiger charge is 2.29. The predicted molar refractivity (Wildman–Crippen MR) is 149 cm³/mol. The van der Waals surface area contributed by atoms with Gasteiger partial charge in [-0.15, -0.1) is 0 Å². The topological polar surface area (TPSA) is 73.8 Å². The van der Waals surface area contributed by atoms with Gasteiger partial charge in [-0.3, -0.25) is 9.69 Å². The van der Waals surface area contributed by atoms with Gasteiger partial charge in [-0.2, -0.15) is 4.31 Å². The normalized spacial score (nSPS) is 13.7. The highest BCUT2D eigenvalue weighted by atomic mass is 35.5. The van der Waals surface area contributed by atoms with Gasteiger partial charge >= 0.3 is 0 Å². The molecule has 0 bridgehead atoms.